The fraction of sp³-hybridized carbons (Fsp3) is 0.308. The number of nitrogens with zero attached hydrogens (tertiary/aromatic N) is 2. The Balaban J connectivity index is 1.74. The third kappa shape index (κ3) is 3.75. The number of hydrogen-bond donors (Lipinski definition) is 1. The lowest BCUT2D eigenvalue weighted by Gasteiger charge is -2.19. The third-order valence-corrected chi connectivity index (χ3v) is 6.09. The summed E-state index contributed by atoms with van der Waals surface area (Å²) in [7, 11) is 0. The van der Waals surface area contributed by atoms with Crippen LogP contribution in [0, 0.1) is 6.92 Å². The molecule has 0 spiro atoms. The molecule has 0 radical (unpaired) electrons. The SMILES string of the molecule is C=CCCCC1=C(C)CCC(c2cccc3c2ccn3-n2cc(CN)cc2C)=C1. The van der Waals surface area contributed by atoms with E-state index in [-0.39, 0.29) is 0 Å². The van der Waals surface area contributed by atoms with Gasteiger partial charge in [0.25, 0.3) is 0 Å². The van der Waals surface area contributed by atoms with E-state index in [0.717, 1.165) is 31.2 Å². The number of fused-ring (bicyclic) bond motifs is 1. The van der Waals surface area contributed by atoms with Gasteiger partial charge in [0, 0.05) is 30.0 Å². The predicted molar refractivity (Wildman–Crippen MR) is 124 cm³/mol. The van der Waals surface area contributed by atoms with E-state index >= 15 is 0 Å². The molecule has 0 fully saturated rings. The average Bonchev–Trinajstić information content (AvgIpc) is 3.32. The fourth-order valence-electron chi connectivity index (χ4n) is 4.42. The first-order valence-electron chi connectivity index (χ1n) is 10.6. The van der Waals surface area contributed by atoms with Gasteiger partial charge in [0.1, 0.15) is 0 Å². The summed E-state index contributed by atoms with van der Waals surface area (Å²) >= 11 is 0. The molecule has 1 aromatic carbocycles. The van der Waals surface area contributed by atoms with E-state index in [1.54, 1.807) is 5.57 Å². The number of unbranched alkanes of at least 4 members (excludes halogenated alkanes) is 1. The molecule has 0 saturated carbocycles. The molecule has 0 unspecified atom stereocenters. The monoisotopic (exact) mass is 385 g/mol. The number of allylic oxidation sites excluding steroid dienone is 5. The molecule has 150 valence electrons. The largest absolute Gasteiger partial charge is 0.326 e. The zero-order chi connectivity index (χ0) is 20.4. The van der Waals surface area contributed by atoms with Crippen molar-refractivity contribution < 1.29 is 0 Å². The molecule has 3 nitrogen and oxygen atoms in total. The minimum absolute atomic E-state index is 0.561. The molecule has 1 aliphatic carbocycles. The van der Waals surface area contributed by atoms with Crippen molar-refractivity contribution >= 4 is 16.5 Å². The van der Waals surface area contributed by atoms with Gasteiger partial charge in [-0.2, -0.15) is 0 Å². The zero-order valence-corrected chi connectivity index (χ0v) is 17.6. The summed E-state index contributed by atoms with van der Waals surface area (Å²) in [6.07, 6.45) is 14.4. The molecule has 0 amide bonds. The van der Waals surface area contributed by atoms with Gasteiger partial charge < -0.3 is 5.73 Å². The highest BCUT2D eigenvalue weighted by Crippen LogP contribution is 2.36. The van der Waals surface area contributed by atoms with E-state index in [9.17, 15) is 0 Å². The molecule has 0 aliphatic heterocycles. The summed E-state index contributed by atoms with van der Waals surface area (Å²) in [5.74, 6) is 0. The van der Waals surface area contributed by atoms with Gasteiger partial charge in [0.2, 0.25) is 0 Å². The van der Waals surface area contributed by atoms with Crippen molar-refractivity contribution in [3.05, 3.63) is 89.4 Å². The van der Waals surface area contributed by atoms with Gasteiger partial charge in [0.15, 0.2) is 0 Å². The van der Waals surface area contributed by atoms with Crippen molar-refractivity contribution in [1.82, 2.24) is 9.35 Å². The third-order valence-electron chi connectivity index (χ3n) is 6.09. The Morgan fingerprint density at radius 1 is 1.14 bits per heavy atom. The van der Waals surface area contributed by atoms with Gasteiger partial charge >= 0.3 is 0 Å². The van der Waals surface area contributed by atoms with Crippen LogP contribution >= 0.6 is 0 Å². The van der Waals surface area contributed by atoms with E-state index in [1.165, 1.54) is 39.7 Å². The van der Waals surface area contributed by atoms with E-state index in [4.69, 9.17) is 5.73 Å². The van der Waals surface area contributed by atoms with Crippen LogP contribution < -0.4 is 5.73 Å². The molecule has 4 rings (SSSR count). The van der Waals surface area contributed by atoms with Gasteiger partial charge in [-0.15, -0.1) is 6.58 Å². The van der Waals surface area contributed by atoms with Crippen LogP contribution in [0.5, 0.6) is 0 Å². The Kier molecular flexibility index (Phi) is 5.59. The van der Waals surface area contributed by atoms with Crippen LogP contribution in [-0.2, 0) is 6.54 Å². The molecule has 2 N–H and O–H groups in total. The average molecular weight is 386 g/mol. The number of rotatable bonds is 7. The quantitative estimate of drug-likeness (QED) is 0.372. The Bertz CT molecular complexity index is 1100. The zero-order valence-electron chi connectivity index (χ0n) is 17.6. The van der Waals surface area contributed by atoms with Crippen LogP contribution in [0.4, 0.5) is 0 Å². The number of aromatic nitrogens is 2. The standard InChI is InChI=1S/C26H31N3/c1-4-5-6-8-22-16-23(12-11-19(22)2)24-9-7-10-26-25(24)13-14-28(26)29-18-21(17-27)15-20(29)3/h4,7,9-10,13-16,18H,1,5-6,8,11-12,17,27H2,2-3H3. The first-order valence-corrected chi connectivity index (χ1v) is 10.6. The van der Waals surface area contributed by atoms with Crippen molar-refractivity contribution in [2.24, 2.45) is 5.73 Å². The maximum atomic E-state index is 5.85. The molecule has 0 atom stereocenters. The number of aryl methyl sites for hydroxylation is 1. The van der Waals surface area contributed by atoms with Crippen molar-refractivity contribution in [2.75, 3.05) is 0 Å². The lowest BCUT2D eigenvalue weighted by Crippen LogP contribution is -2.08. The van der Waals surface area contributed by atoms with Crippen molar-refractivity contribution in [1.29, 1.82) is 0 Å². The molecular formula is C26H31N3. The van der Waals surface area contributed by atoms with Gasteiger partial charge in [-0.25, -0.2) is 0 Å². The van der Waals surface area contributed by atoms with Crippen LogP contribution in [-0.4, -0.2) is 9.35 Å². The molecule has 29 heavy (non-hydrogen) atoms. The minimum Gasteiger partial charge on any atom is -0.326 e. The molecule has 0 saturated heterocycles. The summed E-state index contributed by atoms with van der Waals surface area (Å²) in [4.78, 5) is 0. The van der Waals surface area contributed by atoms with Crippen LogP contribution in [0.2, 0.25) is 0 Å². The summed E-state index contributed by atoms with van der Waals surface area (Å²) in [5, 5.41) is 1.31. The van der Waals surface area contributed by atoms with E-state index < -0.39 is 0 Å². The van der Waals surface area contributed by atoms with Gasteiger partial charge in [-0.1, -0.05) is 29.9 Å². The Labute approximate surface area is 173 Å². The molecule has 2 heterocycles. The highest BCUT2D eigenvalue weighted by Gasteiger charge is 2.16. The lowest BCUT2D eigenvalue weighted by atomic mass is 9.86. The summed E-state index contributed by atoms with van der Waals surface area (Å²) < 4.78 is 4.41. The van der Waals surface area contributed by atoms with Crippen molar-refractivity contribution in [3.63, 3.8) is 0 Å². The first-order chi connectivity index (χ1) is 14.1. The Hall–Kier alpha value is -2.78. The van der Waals surface area contributed by atoms with E-state index in [0.29, 0.717) is 6.54 Å². The highest BCUT2D eigenvalue weighted by molar-refractivity contribution is 5.93. The normalized spacial score (nSPS) is 14.5. The molecular weight excluding hydrogens is 354 g/mol. The topological polar surface area (TPSA) is 35.9 Å². The maximum Gasteiger partial charge on any atom is 0.0708 e. The fourth-order valence-corrected chi connectivity index (χ4v) is 4.42. The Morgan fingerprint density at radius 2 is 2.00 bits per heavy atom. The molecule has 3 aromatic rings. The van der Waals surface area contributed by atoms with Crippen LogP contribution in [0.3, 0.4) is 0 Å². The van der Waals surface area contributed by atoms with Crippen molar-refractivity contribution in [2.45, 2.75) is 52.5 Å². The maximum absolute atomic E-state index is 5.85. The summed E-state index contributed by atoms with van der Waals surface area (Å²) in [5.41, 5.74) is 15.3. The second-order valence-electron chi connectivity index (χ2n) is 8.09. The smallest absolute Gasteiger partial charge is 0.0708 e. The van der Waals surface area contributed by atoms with Gasteiger partial charge in [0.05, 0.1) is 5.52 Å². The summed E-state index contributed by atoms with van der Waals surface area (Å²) in [6, 6.07) is 11.1. The number of hydrogen-bond acceptors (Lipinski definition) is 1. The first kappa shape index (κ1) is 19.5. The van der Waals surface area contributed by atoms with E-state index in [1.807, 2.05) is 6.08 Å². The van der Waals surface area contributed by atoms with Gasteiger partial charge in [-0.05, 0) is 86.4 Å². The second-order valence-corrected chi connectivity index (χ2v) is 8.09. The number of benzene rings is 1. The Morgan fingerprint density at radius 3 is 2.76 bits per heavy atom. The minimum atomic E-state index is 0.561. The van der Waals surface area contributed by atoms with Crippen molar-refractivity contribution in [3.8, 4) is 0 Å². The molecule has 1 aliphatic rings. The number of nitrogens with two attached hydrogens (primary N) is 1. The molecule has 3 heteroatoms. The summed E-state index contributed by atoms with van der Waals surface area (Å²) in [6.45, 7) is 8.83. The van der Waals surface area contributed by atoms with E-state index in [2.05, 4.69) is 78.6 Å². The van der Waals surface area contributed by atoms with Crippen LogP contribution in [0.25, 0.3) is 16.5 Å². The molecule has 0 bridgehead atoms. The predicted octanol–water partition coefficient (Wildman–Crippen LogP) is 6.37. The van der Waals surface area contributed by atoms with Gasteiger partial charge in [-0.3, -0.25) is 9.35 Å². The molecule has 2 aromatic heterocycles. The lowest BCUT2D eigenvalue weighted by molar-refractivity contribution is 0.669. The second kappa shape index (κ2) is 8.30. The highest BCUT2D eigenvalue weighted by atomic mass is 15.4. The van der Waals surface area contributed by atoms with Crippen LogP contribution in [0.15, 0.2) is 72.6 Å². The van der Waals surface area contributed by atoms with Crippen LogP contribution in [0.1, 0.15) is 55.8 Å².